The molecule has 0 aromatic carbocycles. The van der Waals surface area contributed by atoms with E-state index in [0.29, 0.717) is 0 Å². The van der Waals surface area contributed by atoms with E-state index in [4.69, 9.17) is 3.79 Å². The van der Waals surface area contributed by atoms with Crippen LogP contribution in [0.1, 0.15) is 26.2 Å². The van der Waals surface area contributed by atoms with E-state index in [0.717, 1.165) is 21.8 Å². The van der Waals surface area contributed by atoms with Gasteiger partial charge in [0.15, 0.2) is 15.2 Å². The molecule has 0 atom stereocenters. The zero-order chi connectivity index (χ0) is 7.66. The van der Waals surface area contributed by atoms with E-state index in [1.165, 1.54) is 29.8 Å². The van der Waals surface area contributed by atoms with Crippen LogP contribution in [0.3, 0.4) is 0 Å². The third-order valence-electron chi connectivity index (χ3n) is 1.46. The zero-order valence-electron chi connectivity index (χ0n) is 6.94. The van der Waals surface area contributed by atoms with Gasteiger partial charge in [-0.15, -0.1) is 10.6 Å². The summed E-state index contributed by atoms with van der Waals surface area (Å²) in [7, 11) is 0. The van der Waals surface area contributed by atoms with E-state index in [9.17, 15) is 0 Å². The van der Waals surface area contributed by atoms with Crippen molar-refractivity contribution >= 4 is 31.8 Å². The lowest BCUT2D eigenvalue weighted by molar-refractivity contribution is 0.349. The lowest BCUT2D eigenvalue weighted by Crippen LogP contribution is -1.94. The van der Waals surface area contributed by atoms with Gasteiger partial charge in [-0.05, 0) is 6.42 Å². The summed E-state index contributed by atoms with van der Waals surface area (Å²) in [5, 5.41) is 2.92. The number of rotatable bonds is 7. The molecular formula is C7H16Al2O. The van der Waals surface area contributed by atoms with Crippen molar-refractivity contribution in [1.29, 1.82) is 0 Å². The van der Waals surface area contributed by atoms with Crippen LogP contribution in [-0.4, -0.2) is 38.5 Å². The molecule has 1 nitrogen and oxygen atoms in total. The highest BCUT2D eigenvalue weighted by Gasteiger charge is 1.90. The molecule has 0 spiro atoms. The minimum absolute atomic E-state index is 0.738. The molecule has 0 fully saturated rings. The topological polar surface area (TPSA) is 9.23 Å². The summed E-state index contributed by atoms with van der Waals surface area (Å²) in [5.74, 6) is 0. The Bertz CT molecular complexity index is 51.6. The van der Waals surface area contributed by atoms with Gasteiger partial charge in [0.2, 0.25) is 0 Å². The molecule has 56 valence electrons. The summed E-state index contributed by atoms with van der Waals surface area (Å²) in [6.07, 6.45) is 4.07. The van der Waals surface area contributed by atoms with Gasteiger partial charge in [-0.2, -0.15) is 0 Å². The average Bonchev–Trinajstić information content (AvgIpc) is 1.97. The predicted molar refractivity (Wildman–Crippen MR) is 48.0 cm³/mol. The van der Waals surface area contributed by atoms with Crippen molar-refractivity contribution in [3.8, 4) is 0 Å². The summed E-state index contributed by atoms with van der Waals surface area (Å²) in [6.45, 7) is 3.23. The van der Waals surface area contributed by atoms with Gasteiger partial charge >= 0.3 is 16.6 Å². The summed E-state index contributed by atoms with van der Waals surface area (Å²) >= 11 is 2.34. The van der Waals surface area contributed by atoms with E-state index in [-0.39, 0.29) is 0 Å². The van der Waals surface area contributed by atoms with Crippen LogP contribution in [0.25, 0.3) is 0 Å². The molecule has 3 heteroatoms. The Kier molecular flexibility index (Phi) is 11.1. The molecular weight excluding hydrogens is 154 g/mol. The van der Waals surface area contributed by atoms with Crippen LogP contribution in [-0.2, 0) is 3.79 Å². The van der Waals surface area contributed by atoms with E-state index < -0.39 is 0 Å². The Morgan fingerprint density at radius 2 is 2.00 bits per heavy atom. The molecule has 0 N–H and O–H groups in total. The molecule has 0 aromatic rings. The molecule has 0 heterocycles. The first-order valence-electron chi connectivity index (χ1n) is 4.10. The van der Waals surface area contributed by atoms with Crippen LogP contribution >= 0.6 is 0 Å². The lowest BCUT2D eigenvalue weighted by atomic mass is 10.4. The predicted octanol–water partition coefficient (Wildman–Crippen LogP) is 1.55. The molecule has 0 bridgehead atoms. The maximum atomic E-state index is 4.99. The second-order valence-electron chi connectivity index (χ2n) is 2.48. The van der Waals surface area contributed by atoms with Crippen molar-refractivity contribution in [2.75, 3.05) is 6.61 Å². The molecule has 0 aliphatic rings. The smallest absolute Gasteiger partial charge is 0.394 e. The Hall–Kier alpha value is 1.02. The van der Waals surface area contributed by atoms with Crippen LogP contribution < -0.4 is 0 Å². The van der Waals surface area contributed by atoms with E-state index >= 15 is 0 Å². The van der Waals surface area contributed by atoms with Gasteiger partial charge in [-0.1, -0.05) is 19.8 Å². The normalized spacial score (nSPS) is 9.70. The average molecular weight is 170 g/mol. The monoisotopic (exact) mass is 170 g/mol. The van der Waals surface area contributed by atoms with Crippen molar-refractivity contribution in [2.24, 2.45) is 0 Å². The molecule has 2 radical (unpaired) electrons. The molecule has 0 aromatic heterocycles. The van der Waals surface area contributed by atoms with E-state index in [1.54, 1.807) is 16.6 Å². The first-order valence-corrected chi connectivity index (χ1v) is 6.31. The number of hydrogen-bond donors (Lipinski definition) is 0. The highest BCUT2D eigenvalue weighted by atomic mass is 27.1. The van der Waals surface area contributed by atoms with Gasteiger partial charge in [0.05, 0.1) is 0 Å². The van der Waals surface area contributed by atoms with Crippen molar-refractivity contribution in [1.82, 2.24) is 0 Å². The van der Waals surface area contributed by atoms with Crippen molar-refractivity contribution < 1.29 is 3.79 Å². The van der Waals surface area contributed by atoms with Gasteiger partial charge in [-0.3, -0.25) is 0 Å². The van der Waals surface area contributed by atoms with E-state index in [1.807, 2.05) is 0 Å². The summed E-state index contributed by atoms with van der Waals surface area (Å²) in [5.41, 5.74) is 0. The Labute approximate surface area is 79.0 Å². The fraction of sp³-hybridized carbons (Fsp3) is 1.00. The summed E-state index contributed by atoms with van der Waals surface area (Å²) in [4.78, 5) is 0. The fourth-order valence-electron chi connectivity index (χ4n) is 0.823. The molecule has 0 unspecified atom stereocenters. The largest absolute Gasteiger partial charge is 0.510 e. The minimum Gasteiger partial charge on any atom is -0.510 e. The Morgan fingerprint density at radius 1 is 1.30 bits per heavy atom. The SMILES string of the molecule is CCC[CH2][Al][CH2]CC[O][AlH]. The van der Waals surface area contributed by atoms with Crippen LogP contribution in [0.4, 0.5) is 0 Å². The van der Waals surface area contributed by atoms with E-state index in [2.05, 4.69) is 6.92 Å². The fourth-order valence-corrected chi connectivity index (χ4v) is 2.47. The Balaban J connectivity index is 2.65. The van der Waals surface area contributed by atoms with Gasteiger partial charge < -0.3 is 3.79 Å². The molecule has 0 aliphatic heterocycles. The Morgan fingerprint density at radius 3 is 2.60 bits per heavy atom. The highest BCUT2D eigenvalue weighted by Crippen LogP contribution is 1.98. The first-order chi connectivity index (χ1) is 4.91. The van der Waals surface area contributed by atoms with Gasteiger partial charge in [0.25, 0.3) is 0 Å². The van der Waals surface area contributed by atoms with Gasteiger partial charge in [0.1, 0.15) is 0 Å². The summed E-state index contributed by atoms with van der Waals surface area (Å²) in [6, 6.07) is 0. The highest BCUT2D eigenvalue weighted by molar-refractivity contribution is 6.35. The van der Waals surface area contributed by atoms with Crippen LogP contribution in [0.2, 0.25) is 10.6 Å². The van der Waals surface area contributed by atoms with Crippen LogP contribution in [0.5, 0.6) is 0 Å². The second kappa shape index (κ2) is 10.0. The zero-order valence-corrected chi connectivity index (χ0v) is 9.50. The molecule has 10 heavy (non-hydrogen) atoms. The third kappa shape index (κ3) is 9.02. The third-order valence-corrected chi connectivity index (χ3v) is 3.38. The molecule has 0 aliphatic carbocycles. The van der Waals surface area contributed by atoms with Gasteiger partial charge in [-0.25, -0.2) is 0 Å². The molecule has 0 amide bonds. The van der Waals surface area contributed by atoms with Crippen molar-refractivity contribution in [3.05, 3.63) is 0 Å². The quantitative estimate of drug-likeness (QED) is 0.416. The lowest BCUT2D eigenvalue weighted by Gasteiger charge is -1.97. The maximum absolute atomic E-state index is 4.99. The molecule has 0 saturated carbocycles. The van der Waals surface area contributed by atoms with Crippen LogP contribution in [0.15, 0.2) is 0 Å². The summed E-state index contributed by atoms with van der Waals surface area (Å²) < 4.78 is 4.99. The van der Waals surface area contributed by atoms with Gasteiger partial charge in [0, 0.05) is 6.61 Å². The van der Waals surface area contributed by atoms with Crippen molar-refractivity contribution in [2.45, 2.75) is 36.8 Å². The number of unbranched alkanes of at least 4 members (excludes halogenated alkanes) is 1. The minimum atomic E-state index is 0.738. The maximum Gasteiger partial charge on any atom is 0.394 e. The second-order valence-corrected chi connectivity index (χ2v) is 4.62. The first kappa shape index (κ1) is 11.0. The molecule has 0 saturated heterocycles. The standard InChI is InChI=1S/C4H9.C3H6O.2Al.H/c1-3-4-2;1-2-3-4;;;/h1,3-4H2,2H3;1-3H2;;;/q;-1;;+1;. The van der Waals surface area contributed by atoms with Crippen LogP contribution in [0, 0.1) is 0 Å². The van der Waals surface area contributed by atoms with Crippen molar-refractivity contribution in [3.63, 3.8) is 0 Å². The molecule has 0 rings (SSSR count). The number of hydrogen-bond acceptors (Lipinski definition) is 1.